The number of aliphatic hydroxyl groups excluding tert-OH is 1. The molecule has 0 radical (unpaired) electrons. The van der Waals surface area contributed by atoms with Gasteiger partial charge in [0, 0.05) is 10.1 Å². The van der Waals surface area contributed by atoms with Crippen LogP contribution in [-0.4, -0.2) is 16.5 Å². The van der Waals surface area contributed by atoms with Crippen LogP contribution in [0.1, 0.15) is 25.7 Å². The Morgan fingerprint density at radius 1 is 1.14 bits per heavy atom. The molecule has 1 aromatic carbocycles. The molecule has 76 valence electrons. The summed E-state index contributed by atoms with van der Waals surface area (Å²) < 4.78 is 0. The highest BCUT2D eigenvalue weighted by Crippen LogP contribution is 2.33. The van der Waals surface area contributed by atoms with Crippen molar-refractivity contribution in [3.05, 3.63) is 30.3 Å². The predicted octanol–water partition coefficient (Wildman–Crippen LogP) is 3.08. The Morgan fingerprint density at radius 2 is 1.93 bits per heavy atom. The largest absolute Gasteiger partial charge is 0.393 e. The lowest BCUT2D eigenvalue weighted by Gasteiger charge is -2.25. The van der Waals surface area contributed by atoms with Gasteiger partial charge in [0.15, 0.2) is 0 Å². The van der Waals surface area contributed by atoms with Gasteiger partial charge in [0.25, 0.3) is 0 Å². The van der Waals surface area contributed by atoms with Crippen LogP contribution in [0.2, 0.25) is 0 Å². The van der Waals surface area contributed by atoms with E-state index in [0.29, 0.717) is 5.25 Å². The van der Waals surface area contributed by atoms with Crippen molar-refractivity contribution in [2.24, 2.45) is 0 Å². The van der Waals surface area contributed by atoms with Crippen molar-refractivity contribution in [2.45, 2.75) is 41.9 Å². The highest BCUT2D eigenvalue weighted by molar-refractivity contribution is 8.00. The van der Waals surface area contributed by atoms with Crippen molar-refractivity contribution >= 4 is 11.8 Å². The summed E-state index contributed by atoms with van der Waals surface area (Å²) in [5, 5.41) is 10.2. The van der Waals surface area contributed by atoms with Crippen LogP contribution in [-0.2, 0) is 0 Å². The first-order chi connectivity index (χ1) is 6.84. The molecule has 1 nitrogen and oxygen atoms in total. The topological polar surface area (TPSA) is 20.2 Å². The molecule has 0 heterocycles. The van der Waals surface area contributed by atoms with E-state index in [1.807, 2.05) is 17.8 Å². The minimum absolute atomic E-state index is 0.0648. The van der Waals surface area contributed by atoms with Gasteiger partial charge in [-0.25, -0.2) is 0 Å². The van der Waals surface area contributed by atoms with Crippen molar-refractivity contribution in [3.8, 4) is 0 Å². The molecule has 1 aliphatic carbocycles. The van der Waals surface area contributed by atoms with E-state index in [4.69, 9.17) is 0 Å². The van der Waals surface area contributed by atoms with Crippen LogP contribution < -0.4 is 0 Å². The molecule has 1 N–H and O–H groups in total. The Bertz CT molecular complexity index is 273. The molecule has 14 heavy (non-hydrogen) atoms. The maximum atomic E-state index is 9.54. The van der Waals surface area contributed by atoms with E-state index in [1.165, 1.54) is 17.7 Å². The molecule has 1 aromatic rings. The van der Waals surface area contributed by atoms with Crippen LogP contribution >= 0.6 is 11.8 Å². The normalized spacial score (nSPS) is 27.5. The number of rotatable bonds is 2. The van der Waals surface area contributed by atoms with Crippen molar-refractivity contribution in [3.63, 3.8) is 0 Å². The van der Waals surface area contributed by atoms with E-state index in [9.17, 15) is 5.11 Å². The Kier molecular flexibility index (Phi) is 3.49. The molecule has 0 amide bonds. The quantitative estimate of drug-likeness (QED) is 0.806. The van der Waals surface area contributed by atoms with Crippen LogP contribution in [0.4, 0.5) is 0 Å². The Balaban J connectivity index is 1.91. The second-order valence-electron chi connectivity index (χ2n) is 3.87. The maximum absolute atomic E-state index is 9.54. The summed E-state index contributed by atoms with van der Waals surface area (Å²) in [5.74, 6) is 0. The standard InChI is InChI=1S/C12H16OS/c13-10-5-4-8-12(9-10)14-11-6-2-1-3-7-11/h1-3,6-7,10,12-13H,4-5,8-9H2/t10-,12-/m0/s1. The van der Waals surface area contributed by atoms with E-state index >= 15 is 0 Å². The third-order valence-corrected chi connectivity index (χ3v) is 3.95. The second-order valence-corrected chi connectivity index (χ2v) is 5.25. The van der Waals surface area contributed by atoms with E-state index in [1.54, 1.807) is 0 Å². The van der Waals surface area contributed by atoms with Gasteiger partial charge in [-0.1, -0.05) is 18.2 Å². The second kappa shape index (κ2) is 4.85. The summed E-state index contributed by atoms with van der Waals surface area (Å²) in [6, 6.07) is 10.5. The molecule has 2 heteroatoms. The maximum Gasteiger partial charge on any atom is 0.0551 e. The molecule has 2 atom stereocenters. The summed E-state index contributed by atoms with van der Waals surface area (Å²) in [6.45, 7) is 0. The number of aliphatic hydroxyl groups is 1. The number of hydrogen-bond donors (Lipinski definition) is 1. The van der Waals surface area contributed by atoms with Crippen molar-refractivity contribution in [2.75, 3.05) is 0 Å². The highest BCUT2D eigenvalue weighted by atomic mass is 32.2. The van der Waals surface area contributed by atoms with Gasteiger partial charge in [0.2, 0.25) is 0 Å². The van der Waals surface area contributed by atoms with Crippen LogP contribution in [0.5, 0.6) is 0 Å². The number of thioether (sulfide) groups is 1. The van der Waals surface area contributed by atoms with Crippen LogP contribution in [0.25, 0.3) is 0 Å². The molecule has 2 rings (SSSR count). The first kappa shape index (κ1) is 10.1. The molecule has 0 aromatic heterocycles. The summed E-state index contributed by atoms with van der Waals surface area (Å²) in [7, 11) is 0. The zero-order chi connectivity index (χ0) is 9.80. The van der Waals surface area contributed by atoms with Crippen molar-refractivity contribution in [1.82, 2.24) is 0 Å². The minimum Gasteiger partial charge on any atom is -0.393 e. The average Bonchev–Trinajstić information content (AvgIpc) is 2.19. The smallest absolute Gasteiger partial charge is 0.0551 e. The lowest BCUT2D eigenvalue weighted by Crippen LogP contribution is -2.20. The van der Waals surface area contributed by atoms with Gasteiger partial charge in [-0.3, -0.25) is 0 Å². The summed E-state index contributed by atoms with van der Waals surface area (Å²) in [5.41, 5.74) is 0. The SMILES string of the molecule is O[C@H]1CCC[C@H](Sc2ccccc2)C1. The predicted molar refractivity (Wildman–Crippen MR) is 60.6 cm³/mol. The van der Waals surface area contributed by atoms with E-state index in [-0.39, 0.29) is 6.10 Å². The molecule has 1 aliphatic rings. The Labute approximate surface area is 89.5 Å². The molecular weight excluding hydrogens is 192 g/mol. The Hall–Kier alpha value is -0.470. The summed E-state index contributed by atoms with van der Waals surface area (Å²) in [6.07, 6.45) is 4.30. The fourth-order valence-corrected chi connectivity index (χ4v) is 3.22. The molecule has 0 saturated heterocycles. The van der Waals surface area contributed by atoms with Gasteiger partial charge in [0.05, 0.1) is 6.10 Å². The number of benzene rings is 1. The molecule has 0 aliphatic heterocycles. The van der Waals surface area contributed by atoms with Gasteiger partial charge in [-0.2, -0.15) is 0 Å². The molecule has 1 saturated carbocycles. The monoisotopic (exact) mass is 208 g/mol. The first-order valence-corrected chi connectivity index (χ1v) is 6.12. The van der Waals surface area contributed by atoms with Gasteiger partial charge in [0.1, 0.15) is 0 Å². The van der Waals surface area contributed by atoms with E-state index < -0.39 is 0 Å². The third-order valence-electron chi connectivity index (χ3n) is 2.64. The molecule has 0 bridgehead atoms. The van der Waals surface area contributed by atoms with Gasteiger partial charge >= 0.3 is 0 Å². The van der Waals surface area contributed by atoms with E-state index in [0.717, 1.165) is 12.8 Å². The highest BCUT2D eigenvalue weighted by Gasteiger charge is 2.20. The lowest BCUT2D eigenvalue weighted by atomic mass is 9.97. The fraction of sp³-hybridized carbons (Fsp3) is 0.500. The molecule has 0 spiro atoms. The van der Waals surface area contributed by atoms with Crippen molar-refractivity contribution < 1.29 is 5.11 Å². The molecule has 1 fully saturated rings. The lowest BCUT2D eigenvalue weighted by molar-refractivity contribution is 0.133. The van der Waals surface area contributed by atoms with Crippen LogP contribution in [0.15, 0.2) is 35.2 Å². The van der Waals surface area contributed by atoms with Gasteiger partial charge in [-0.05, 0) is 37.8 Å². The Morgan fingerprint density at radius 3 is 2.64 bits per heavy atom. The fourth-order valence-electron chi connectivity index (χ4n) is 1.92. The van der Waals surface area contributed by atoms with Gasteiger partial charge in [-0.15, -0.1) is 11.8 Å². The third kappa shape index (κ3) is 2.76. The van der Waals surface area contributed by atoms with Crippen LogP contribution in [0, 0.1) is 0 Å². The minimum atomic E-state index is -0.0648. The summed E-state index contributed by atoms with van der Waals surface area (Å²) >= 11 is 1.91. The molecular formula is C12H16OS. The first-order valence-electron chi connectivity index (χ1n) is 5.24. The van der Waals surface area contributed by atoms with Crippen molar-refractivity contribution in [1.29, 1.82) is 0 Å². The summed E-state index contributed by atoms with van der Waals surface area (Å²) in [4.78, 5) is 1.33. The average molecular weight is 208 g/mol. The zero-order valence-corrected chi connectivity index (χ0v) is 9.04. The number of hydrogen-bond acceptors (Lipinski definition) is 2. The van der Waals surface area contributed by atoms with Gasteiger partial charge < -0.3 is 5.11 Å². The van der Waals surface area contributed by atoms with Crippen LogP contribution in [0.3, 0.4) is 0 Å². The van der Waals surface area contributed by atoms with E-state index in [2.05, 4.69) is 24.3 Å². The zero-order valence-electron chi connectivity index (χ0n) is 8.23. The molecule has 0 unspecified atom stereocenters.